The third-order valence-corrected chi connectivity index (χ3v) is 16.7. The third-order valence-electron chi connectivity index (χ3n) is 15.7. The summed E-state index contributed by atoms with van der Waals surface area (Å²) in [6.07, 6.45) is 5.80. The molecule has 1 atom stereocenters. The number of amides is 4. The molecule has 4 aliphatic heterocycles. The summed E-state index contributed by atoms with van der Waals surface area (Å²) < 4.78 is 14.9. The second kappa shape index (κ2) is 22.9. The van der Waals surface area contributed by atoms with Gasteiger partial charge in [-0.1, -0.05) is 53.8 Å². The Kier molecular flexibility index (Phi) is 15.5. The molecule has 7 heterocycles. The van der Waals surface area contributed by atoms with Crippen molar-refractivity contribution in [3.63, 3.8) is 0 Å². The lowest BCUT2D eigenvalue weighted by Crippen LogP contribution is -2.52. The SMILES string of the molecule is Cn1nc(C2CCC(=O)NC2=O)c2ccc(N3CCN(C(=O)CN4CCC(Cc5ccc(OCCCc6ccc(N7CCc8cccc(C(=O)Nc9nc%10ccccc%10s9)c8C7)nc6C(=O)OC(C)(C)C)cc5)CC4)CC3)cc21. The van der Waals surface area contributed by atoms with Gasteiger partial charge in [0.1, 0.15) is 17.2 Å². The number of aryl methyl sites for hydroxylation is 2. The first-order chi connectivity index (χ1) is 38.2. The van der Waals surface area contributed by atoms with E-state index in [1.165, 1.54) is 16.9 Å². The van der Waals surface area contributed by atoms with Gasteiger partial charge in [-0.2, -0.15) is 5.10 Å². The molecule has 4 aromatic carbocycles. The minimum Gasteiger partial charge on any atom is -0.494 e. The number of ether oxygens (including phenoxy) is 2. The van der Waals surface area contributed by atoms with Crippen LogP contribution in [-0.4, -0.2) is 124 Å². The van der Waals surface area contributed by atoms with Crippen LogP contribution >= 0.6 is 11.3 Å². The van der Waals surface area contributed by atoms with Gasteiger partial charge in [0, 0.05) is 69.4 Å². The van der Waals surface area contributed by atoms with Gasteiger partial charge >= 0.3 is 5.97 Å². The smallest absolute Gasteiger partial charge is 0.357 e. The quantitative estimate of drug-likeness (QED) is 0.0567. The van der Waals surface area contributed by atoms with Gasteiger partial charge in [-0.15, -0.1) is 0 Å². The number of aromatic nitrogens is 4. The summed E-state index contributed by atoms with van der Waals surface area (Å²) in [4.78, 5) is 83.6. The number of thiazole rings is 1. The van der Waals surface area contributed by atoms with Gasteiger partial charge in [0.25, 0.3) is 5.91 Å². The van der Waals surface area contributed by atoms with Crippen molar-refractivity contribution in [3.05, 3.63) is 136 Å². The number of para-hydroxylation sites is 1. The highest BCUT2D eigenvalue weighted by atomic mass is 32.1. The van der Waals surface area contributed by atoms with E-state index >= 15 is 0 Å². The molecule has 0 spiro atoms. The molecule has 0 aliphatic carbocycles. The van der Waals surface area contributed by atoms with Crippen LogP contribution in [0.3, 0.4) is 0 Å². The summed E-state index contributed by atoms with van der Waals surface area (Å²) in [7, 11) is 1.88. The van der Waals surface area contributed by atoms with E-state index in [9.17, 15) is 24.0 Å². The molecular formula is C61H68N10O7S. The van der Waals surface area contributed by atoms with E-state index in [2.05, 4.69) is 60.6 Å². The first-order valence-electron chi connectivity index (χ1n) is 27.7. The monoisotopic (exact) mass is 1080 g/mol. The number of likely N-dealkylation sites (tertiary alicyclic amines) is 1. The van der Waals surface area contributed by atoms with Crippen molar-refractivity contribution in [3.8, 4) is 5.75 Å². The molecule has 7 aromatic rings. The van der Waals surface area contributed by atoms with E-state index in [4.69, 9.17) is 19.6 Å². The molecule has 410 valence electrons. The van der Waals surface area contributed by atoms with Gasteiger partial charge < -0.3 is 24.2 Å². The Hall–Kier alpha value is -7.70. The van der Waals surface area contributed by atoms with Crippen molar-refractivity contribution in [2.24, 2.45) is 13.0 Å². The van der Waals surface area contributed by atoms with Crippen LogP contribution in [0.2, 0.25) is 0 Å². The Morgan fingerprint density at radius 3 is 2.39 bits per heavy atom. The summed E-state index contributed by atoms with van der Waals surface area (Å²) in [6.45, 7) is 12.2. The predicted octanol–water partition coefficient (Wildman–Crippen LogP) is 8.48. The molecule has 4 amide bonds. The fourth-order valence-corrected chi connectivity index (χ4v) is 12.3. The third kappa shape index (κ3) is 12.3. The van der Waals surface area contributed by atoms with Crippen LogP contribution in [0.25, 0.3) is 21.1 Å². The maximum absolute atomic E-state index is 13.7. The van der Waals surface area contributed by atoms with Gasteiger partial charge in [0.15, 0.2) is 10.8 Å². The van der Waals surface area contributed by atoms with Crippen molar-refractivity contribution in [2.75, 3.05) is 74.1 Å². The largest absolute Gasteiger partial charge is 0.494 e. The van der Waals surface area contributed by atoms with E-state index in [1.54, 1.807) is 0 Å². The highest BCUT2D eigenvalue weighted by Gasteiger charge is 2.33. The van der Waals surface area contributed by atoms with Crippen LogP contribution in [-0.2, 0) is 52.0 Å². The number of imide groups is 1. The van der Waals surface area contributed by atoms with Crippen molar-refractivity contribution in [1.29, 1.82) is 0 Å². The van der Waals surface area contributed by atoms with E-state index < -0.39 is 17.5 Å². The first kappa shape index (κ1) is 53.3. The van der Waals surface area contributed by atoms with Crippen LogP contribution in [0.1, 0.15) is 108 Å². The lowest BCUT2D eigenvalue weighted by atomic mass is 9.90. The lowest BCUT2D eigenvalue weighted by molar-refractivity contribution is -0.135. The van der Waals surface area contributed by atoms with Crippen molar-refractivity contribution < 1.29 is 33.4 Å². The molecule has 3 fully saturated rings. The van der Waals surface area contributed by atoms with Crippen molar-refractivity contribution in [1.82, 2.24) is 34.9 Å². The molecule has 17 nitrogen and oxygen atoms in total. The minimum absolute atomic E-state index is 0.184. The number of esters is 1. The number of benzene rings is 4. The van der Waals surface area contributed by atoms with Crippen LogP contribution in [0.4, 0.5) is 16.6 Å². The molecule has 2 N–H and O–H groups in total. The Labute approximate surface area is 464 Å². The zero-order valence-corrected chi connectivity index (χ0v) is 46.3. The fraction of sp³-hybridized carbons (Fsp3) is 0.410. The average Bonchev–Trinajstić information content (AvgIpc) is 4.14. The number of fused-ring (bicyclic) bond motifs is 3. The van der Waals surface area contributed by atoms with Gasteiger partial charge in [-0.3, -0.25) is 39.4 Å². The predicted molar refractivity (Wildman–Crippen MR) is 306 cm³/mol. The van der Waals surface area contributed by atoms with Gasteiger partial charge in [-0.25, -0.2) is 14.8 Å². The molecule has 4 aliphatic rings. The number of pyridine rings is 1. The maximum Gasteiger partial charge on any atom is 0.357 e. The Morgan fingerprint density at radius 2 is 1.62 bits per heavy atom. The van der Waals surface area contributed by atoms with E-state index in [0.717, 1.165) is 101 Å². The number of carbonyl (C=O) groups excluding carboxylic acids is 5. The zero-order chi connectivity index (χ0) is 54.8. The number of piperidine rings is 2. The first-order valence-corrected chi connectivity index (χ1v) is 28.5. The number of piperazine rings is 1. The number of carbonyl (C=O) groups is 5. The molecular weight excluding hydrogens is 1020 g/mol. The molecule has 3 saturated heterocycles. The number of nitrogens with zero attached hydrogens (tertiary/aromatic N) is 8. The van der Waals surface area contributed by atoms with Gasteiger partial charge in [0.2, 0.25) is 17.7 Å². The molecule has 79 heavy (non-hydrogen) atoms. The van der Waals surface area contributed by atoms with E-state index in [0.29, 0.717) is 98.8 Å². The van der Waals surface area contributed by atoms with E-state index in [-0.39, 0.29) is 23.6 Å². The van der Waals surface area contributed by atoms with Crippen LogP contribution in [0.5, 0.6) is 5.75 Å². The standard InChI is InChI=1S/C61H68N10O7S/c1-61(2,3)78-59(76)55-42(16-22-52(63-55)71-29-26-41-9-7-11-45(48(41)37-71)57(74)65-60-62-49-12-5-6-13-51(49)79-60)10-8-34-77-44-18-14-39(15-19-44)35-40-24-27-68(28-25-40)38-54(73)70-32-30-69(31-33-70)43-17-20-46-50(36-43)67(4)66-56(46)47-21-23-53(72)64-58(47)75/h5-7,9,11-20,22,36,40,47H,8,10,21,23-35,37-38H2,1-4H3,(H,62,65,74)(H,64,72,75). The number of nitrogens with one attached hydrogen (secondary N) is 2. The molecule has 3 aromatic heterocycles. The van der Waals surface area contributed by atoms with Gasteiger partial charge in [0.05, 0.1) is 40.5 Å². The number of hydrogen-bond donors (Lipinski definition) is 2. The normalized spacial score (nSPS) is 17.5. The summed E-state index contributed by atoms with van der Waals surface area (Å²) in [5.41, 5.74) is 7.85. The Bertz CT molecular complexity index is 3390. The molecule has 0 radical (unpaired) electrons. The molecule has 0 saturated carbocycles. The summed E-state index contributed by atoms with van der Waals surface area (Å²) >= 11 is 1.45. The number of hydrogen-bond acceptors (Lipinski definition) is 14. The Balaban J connectivity index is 0.626. The second-order valence-corrected chi connectivity index (χ2v) is 23.4. The van der Waals surface area contributed by atoms with Crippen molar-refractivity contribution in [2.45, 2.75) is 90.2 Å². The Morgan fingerprint density at radius 1 is 0.823 bits per heavy atom. The molecule has 1 unspecified atom stereocenters. The second-order valence-electron chi connectivity index (χ2n) is 22.3. The number of anilines is 3. The molecule has 11 rings (SSSR count). The van der Waals surface area contributed by atoms with Gasteiger partial charge in [-0.05, 0) is 162 Å². The summed E-state index contributed by atoms with van der Waals surface area (Å²) in [5, 5.41) is 11.7. The lowest BCUT2D eigenvalue weighted by Gasteiger charge is -2.38. The highest BCUT2D eigenvalue weighted by molar-refractivity contribution is 7.22. The topological polar surface area (TPSA) is 184 Å². The zero-order valence-electron chi connectivity index (χ0n) is 45.5. The molecule has 0 bridgehead atoms. The van der Waals surface area contributed by atoms with Crippen molar-refractivity contribution >= 4 is 78.7 Å². The minimum atomic E-state index is -0.703. The maximum atomic E-state index is 13.7. The summed E-state index contributed by atoms with van der Waals surface area (Å²) in [5.74, 6) is 0.539. The van der Waals surface area contributed by atoms with Crippen LogP contribution in [0.15, 0.2) is 97.1 Å². The fourth-order valence-electron chi connectivity index (χ4n) is 11.5. The van der Waals surface area contributed by atoms with E-state index in [1.807, 2.05) is 104 Å². The van der Waals surface area contributed by atoms with Crippen LogP contribution < -0.4 is 25.2 Å². The highest BCUT2D eigenvalue weighted by Crippen LogP contribution is 2.34. The molecule has 18 heteroatoms. The average molecular weight is 1090 g/mol. The number of rotatable bonds is 15. The van der Waals surface area contributed by atoms with Crippen LogP contribution in [0, 0.1) is 5.92 Å². The summed E-state index contributed by atoms with van der Waals surface area (Å²) in [6, 6.07) is 32.2.